The van der Waals surface area contributed by atoms with Crippen LogP contribution in [0, 0.1) is 18.7 Å². The molecular formula is C15H20FNO. The highest BCUT2D eigenvalue weighted by atomic mass is 19.1. The summed E-state index contributed by atoms with van der Waals surface area (Å²) in [6, 6.07) is 4.88. The van der Waals surface area contributed by atoms with Gasteiger partial charge in [0.15, 0.2) is 0 Å². The topological polar surface area (TPSA) is 29.1 Å². The summed E-state index contributed by atoms with van der Waals surface area (Å²) in [5.74, 6) is 0.294. The number of benzene rings is 1. The number of carbonyl (C=O) groups excluding carboxylic acids is 1. The third-order valence-electron chi connectivity index (χ3n) is 4.10. The minimum absolute atomic E-state index is 0.128. The molecule has 98 valence electrons. The van der Waals surface area contributed by atoms with E-state index in [0.29, 0.717) is 12.3 Å². The summed E-state index contributed by atoms with van der Waals surface area (Å²) in [7, 11) is 0. The third kappa shape index (κ3) is 2.40. The Bertz CT molecular complexity index is 470. The van der Waals surface area contributed by atoms with Crippen molar-refractivity contribution in [2.75, 3.05) is 0 Å². The van der Waals surface area contributed by atoms with Crippen LogP contribution in [-0.4, -0.2) is 11.4 Å². The van der Waals surface area contributed by atoms with Gasteiger partial charge in [-0.2, -0.15) is 0 Å². The van der Waals surface area contributed by atoms with E-state index in [2.05, 4.69) is 19.2 Å². The van der Waals surface area contributed by atoms with E-state index >= 15 is 0 Å². The summed E-state index contributed by atoms with van der Waals surface area (Å²) in [6.07, 6.45) is 2.24. The minimum atomic E-state index is -0.203. The first kappa shape index (κ1) is 13.1. The molecule has 1 unspecified atom stereocenters. The molecule has 1 fully saturated rings. The number of amides is 1. The molecule has 1 aliphatic rings. The molecule has 0 bridgehead atoms. The second-order valence-corrected chi connectivity index (χ2v) is 5.61. The fourth-order valence-electron chi connectivity index (χ4n) is 2.71. The summed E-state index contributed by atoms with van der Waals surface area (Å²) < 4.78 is 13.1. The lowest BCUT2D eigenvalue weighted by Gasteiger charge is -2.34. The molecule has 0 aromatic heterocycles. The van der Waals surface area contributed by atoms with Crippen LogP contribution in [-0.2, 0) is 11.2 Å². The van der Waals surface area contributed by atoms with E-state index in [-0.39, 0.29) is 17.3 Å². The quantitative estimate of drug-likeness (QED) is 0.876. The maximum atomic E-state index is 13.1. The van der Waals surface area contributed by atoms with Gasteiger partial charge in [0.2, 0.25) is 5.91 Å². The molecule has 1 aliphatic heterocycles. The molecule has 1 aromatic rings. The number of hydrogen-bond acceptors (Lipinski definition) is 1. The van der Waals surface area contributed by atoms with Crippen LogP contribution in [0.1, 0.15) is 37.8 Å². The Hall–Kier alpha value is -1.38. The lowest BCUT2D eigenvalue weighted by molar-refractivity contribution is -0.120. The molecule has 18 heavy (non-hydrogen) atoms. The van der Waals surface area contributed by atoms with E-state index in [0.717, 1.165) is 24.0 Å². The van der Waals surface area contributed by atoms with Gasteiger partial charge in [-0.05, 0) is 48.9 Å². The molecule has 0 aliphatic carbocycles. The van der Waals surface area contributed by atoms with Crippen molar-refractivity contribution in [3.05, 3.63) is 35.1 Å². The highest BCUT2D eigenvalue weighted by molar-refractivity contribution is 5.79. The zero-order chi connectivity index (χ0) is 13.3. The molecule has 0 radical (unpaired) electrons. The standard InChI is InChI=1S/C15H20FNO/c1-10(2)15(7-6-14(18)17-15)9-12-4-5-13(16)8-11(12)3/h4-5,8,10H,6-7,9H2,1-3H3,(H,17,18). The van der Waals surface area contributed by atoms with Gasteiger partial charge in [-0.1, -0.05) is 19.9 Å². The largest absolute Gasteiger partial charge is 0.350 e. The van der Waals surface area contributed by atoms with E-state index in [9.17, 15) is 9.18 Å². The lowest BCUT2D eigenvalue weighted by Crippen LogP contribution is -2.48. The average Bonchev–Trinajstić information content (AvgIpc) is 2.66. The molecular weight excluding hydrogens is 229 g/mol. The van der Waals surface area contributed by atoms with Gasteiger partial charge >= 0.3 is 0 Å². The fourth-order valence-corrected chi connectivity index (χ4v) is 2.71. The number of nitrogens with one attached hydrogen (secondary N) is 1. The molecule has 1 aromatic carbocycles. The van der Waals surface area contributed by atoms with Gasteiger partial charge < -0.3 is 5.32 Å². The lowest BCUT2D eigenvalue weighted by atomic mass is 9.79. The van der Waals surface area contributed by atoms with E-state index in [1.54, 1.807) is 6.07 Å². The van der Waals surface area contributed by atoms with Crippen molar-refractivity contribution in [3.63, 3.8) is 0 Å². The molecule has 2 rings (SSSR count). The van der Waals surface area contributed by atoms with Gasteiger partial charge in [0, 0.05) is 12.0 Å². The number of carbonyl (C=O) groups is 1. The Morgan fingerprint density at radius 1 is 1.44 bits per heavy atom. The maximum absolute atomic E-state index is 13.1. The molecule has 1 amide bonds. The summed E-state index contributed by atoms with van der Waals surface area (Å²) in [4.78, 5) is 11.5. The smallest absolute Gasteiger partial charge is 0.220 e. The summed E-state index contributed by atoms with van der Waals surface area (Å²) in [6.45, 7) is 6.18. The predicted octanol–water partition coefficient (Wildman–Crippen LogP) is 2.98. The van der Waals surface area contributed by atoms with Crippen molar-refractivity contribution in [1.82, 2.24) is 5.32 Å². The highest BCUT2D eigenvalue weighted by Crippen LogP contribution is 2.32. The minimum Gasteiger partial charge on any atom is -0.350 e. The highest BCUT2D eigenvalue weighted by Gasteiger charge is 2.40. The zero-order valence-electron chi connectivity index (χ0n) is 11.2. The van der Waals surface area contributed by atoms with Crippen LogP contribution >= 0.6 is 0 Å². The van der Waals surface area contributed by atoms with Crippen molar-refractivity contribution < 1.29 is 9.18 Å². The SMILES string of the molecule is Cc1cc(F)ccc1CC1(C(C)C)CCC(=O)N1. The average molecular weight is 249 g/mol. The van der Waals surface area contributed by atoms with Crippen LogP contribution in [0.5, 0.6) is 0 Å². The van der Waals surface area contributed by atoms with Crippen LogP contribution in [0.15, 0.2) is 18.2 Å². The number of aryl methyl sites for hydroxylation is 1. The first-order valence-corrected chi connectivity index (χ1v) is 6.49. The first-order valence-electron chi connectivity index (χ1n) is 6.49. The van der Waals surface area contributed by atoms with Gasteiger partial charge in [-0.25, -0.2) is 4.39 Å². The van der Waals surface area contributed by atoms with Crippen molar-refractivity contribution in [3.8, 4) is 0 Å². The molecule has 1 N–H and O–H groups in total. The van der Waals surface area contributed by atoms with E-state index in [4.69, 9.17) is 0 Å². The van der Waals surface area contributed by atoms with Gasteiger partial charge in [0.25, 0.3) is 0 Å². The van der Waals surface area contributed by atoms with Crippen molar-refractivity contribution in [2.24, 2.45) is 5.92 Å². The Kier molecular flexibility index (Phi) is 3.42. The van der Waals surface area contributed by atoms with E-state index in [1.807, 2.05) is 13.0 Å². The Morgan fingerprint density at radius 2 is 2.17 bits per heavy atom. The van der Waals surface area contributed by atoms with E-state index < -0.39 is 0 Å². The van der Waals surface area contributed by atoms with E-state index in [1.165, 1.54) is 6.07 Å². The zero-order valence-corrected chi connectivity index (χ0v) is 11.2. The normalized spacial score (nSPS) is 23.5. The van der Waals surface area contributed by atoms with Crippen LogP contribution in [0.25, 0.3) is 0 Å². The van der Waals surface area contributed by atoms with Crippen molar-refractivity contribution >= 4 is 5.91 Å². The van der Waals surface area contributed by atoms with Crippen molar-refractivity contribution in [2.45, 2.75) is 45.6 Å². The fraction of sp³-hybridized carbons (Fsp3) is 0.533. The molecule has 0 spiro atoms. The maximum Gasteiger partial charge on any atom is 0.220 e. The van der Waals surface area contributed by atoms with Crippen LogP contribution < -0.4 is 5.32 Å². The second-order valence-electron chi connectivity index (χ2n) is 5.61. The Balaban J connectivity index is 2.27. The van der Waals surface area contributed by atoms with Crippen LogP contribution in [0.4, 0.5) is 4.39 Å². The summed E-state index contributed by atoms with van der Waals surface area (Å²) in [5.41, 5.74) is 1.91. The molecule has 3 heteroatoms. The molecule has 1 saturated heterocycles. The van der Waals surface area contributed by atoms with Gasteiger partial charge in [0.1, 0.15) is 5.82 Å². The third-order valence-corrected chi connectivity index (χ3v) is 4.10. The first-order chi connectivity index (χ1) is 8.43. The molecule has 1 atom stereocenters. The number of halogens is 1. The summed E-state index contributed by atoms with van der Waals surface area (Å²) >= 11 is 0. The predicted molar refractivity (Wildman–Crippen MR) is 69.8 cm³/mol. The van der Waals surface area contributed by atoms with Gasteiger partial charge in [-0.15, -0.1) is 0 Å². The van der Waals surface area contributed by atoms with Crippen LogP contribution in [0.2, 0.25) is 0 Å². The second kappa shape index (κ2) is 4.71. The van der Waals surface area contributed by atoms with Gasteiger partial charge in [-0.3, -0.25) is 4.79 Å². The monoisotopic (exact) mass is 249 g/mol. The van der Waals surface area contributed by atoms with Gasteiger partial charge in [0.05, 0.1) is 0 Å². The Morgan fingerprint density at radius 3 is 2.67 bits per heavy atom. The van der Waals surface area contributed by atoms with Crippen molar-refractivity contribution in [1.29, 1.82) is 0 Å². The molecule has 2 nitrogen and oxygen atoms in total. The molecule has 1 heterocycles. The van der Waals surface area contributed by atoms with Crippen LogP contribution in [0.3, 0.4) is 0 Å². The summed E-state index contributed by atoms with van der Waals surface area (Å²) in [5, 5.41) is 3.12. The molecule has 0 saturated carbocycles. The number of hydrogen-bond donors (Lipinski definition) is 1. The Labute approximate surface area is 108 Å². The number of rotatable bonds is 3.